The molecule has 88 valence electrons. The molecule has 2 aliphatic heterocycles. The van der Waals surface area contributed by atoms with Crippen molar-refractivity contribution in [3.63, 3.8) is 0 Å². The predicted octanol–water partition coefficient (Wildman–Crippen LogP) is -2.11. The first kappa shape index (κ1) is 10.9. The molecule has 2 amide bonds. The van der Waals surface area contributed by atoms with E-state index in [0.29, 0.717) is 13.0 Å². The standard InChI is InChI=1S/C9H13N3O4/c10-4-1-6-8(15)11-5(2-7(13)14)9(16)12(6)3-4/h4-6H,1-3,10H2,(H,11,15)(H,13,14)/t4-,5-,6-/m0/s1. The van der Waals surface area contributed by atoms with Gasteiger partial charge in [0.15, 0.2) is 0 Å². The van der Waals surface area contributed by atoms with E-state index in [1.165, 1.54) is 4.90 Å². The lowest BCUT2D eigenvalue weighted by Crippen LogP contribution is -2.61. The zero-order valence-electron chi connectivity index (χ0n) is 8.55. The van der Waals surface area contributed by atoms with E-state index in [1.54, 1.807) is 0 Å². The van der Waals surface area contributed by atoms with E-state index >= 15 is 0 Å². The van der Waals surface area contributed by atoms with Gasteiger partial charge in [-0.3, -0.25) is 14.4 Å². The maximum Gasteiger partial charge on any atom is 0.305 e. The Morgan fingerprint density at radius 1 is 1.56 bits per heavy atom. The summed E-state index contributed by atoms with van der Waals surface area (Å²) in [6.45, 7) is 0.326. The van der Waals surface area contributed by atoms with Crippen molar-refractivity contribution in [2.45, 2.75) is 31.0 Å². The summed E-state index contributed by atoms with van der Waals surface area (Å²) >= 11 is 0. The van der Waals surface area contributed by atoms with Gasteiger partial charge in [0.05, 0.1) is 6.42 Å². The van der Waals surface area contributed by atoms with Crippen molar-refractivity contribution in [3.05, 3.63) is 0 Å². The van der Waals surface area contributed by atoms with E-state index in [1.807, 2.05) is 0 Å². The smallest absolute Gasteiger partial charge is 0.305 e. The van der Waals surface area contributed by atoms with E-state index in [-0.39, 0.29) is 24.3 Å². The number of nitrogens with zero attached hydrogens (tertiary/aromatic N) is 1. The van der Waals surface area contributed by atoms with Gasteiger partial charge in [0.25, 0.3) is 0 Å². The number of carbonyl (C=O) groups excluding carboxylic acids is 2. The van der Waals surface area contributed by atoms with Crippen LogP contribution >= 0.6 is 0 Å². The molecular formula is C9H13N3O4. The first-order valence-corrected chi connectivity index (χ1v) is 5.07. The molecule has 0 saturated carbocycles. The third-order valence-corrected chi connectivity index (χ3v) is 2.91. The number of carboxylic acids is 1. The summed E-state index contributed by atoms with van der Waals surface area (Å²) in [4.78, 5) is 35.3. The van der Waals surface area contributed by atoms with Gasteiger partial charge in [-0.25, -0.2) is 0 Å². The molecule has 0 spiro atoms. The van der Waals surface area contributed by atoms with Crippen molar-refractivity contribution in [2.24, 2.45) is 5.73 Å². The summed E-state index contributed by atoms with van der Waals surface area (Å²) in [6, 6.07) is -1.68. The molecule has 2 aliphatic rings. The molecule has 7 heteroatoms. The molecule has 0 bridgehead atoms. The molecule has 3 atom stereocenters. The van der Waals surface area contributed by atoms with Gasteiger partial charge in [0, 0.05) is 12.6 Å². The Morgan fingerprint density at radius 3 is 2.88 bits per heavy atom. The number of hydrogen-bond donors (Lipinski definition) is 3. The Kier molecular flexibility index (Phi) is 2.55. The molecule has 0 aromatic heterocycles. The maximum absolute atomic E-state index is 11.8. The highest BCUT2D eigenvalue weighted by Gasteiger charge is 2.45. The zero-order chi connectivity index (χ0) is 11.9. The molecule has 2 fully saturated rings. The van der Waals surface area contributed by atoms with E-state index in [9.17, 15) is 14.4 Å². The van der Waals surface area contributed by atoms with Crippen LogP contribution < -0.4 is 11.1 Å². The molecule has 0 aliphatic carbocycles. The number of piperazine rings is 1. The molecule has 4 N–H and O–H groups in total. The highest BCUT2D eigenvalue weighted by Crippen LogP contribution is 2.22. The molecule has 7 nitrogen and oxygen atoms in total. The Morgan fingerprint density at radius 2 is 2.25 bits per heavy atom. The van der Waals surface area contributed by atoms with Crippen molar-refractivity contribution in [1.82, 2.24) is 10.2 Å². The van der Waals surface area contributed by atoms with Crippen LogP contribution in [0.25, 0.3) is 0 Å². The van der Waals surface area contributed by atoms with Crippen LogP contribution in [0.15, 0.2) is 0 Å². The number of rotatable bonds is 2. The lowest BCUT2D eigenvalue weighted by molar-refractivity contribution is -0.150. The quantitative estimate of drug-likeness (QED) is 0.499. The Labute approximate surface area is 91.6 Å². The van der Waals surface area contributed by atoms with Gasteiger partial charge in [-0.2, -0.15) is 0 Å². The van der Waals surface area contributed by atoms with Crippen LogP contribution in [-0.4, -0.2) is 52.5 Å². The van der Waals surface area contributed by atoms with Gasteiger partial charge in [-0.1, -0.05) is 0 Å². The summed E-state index contributed by atoms with van der Waals surface area (Å²) in [5.74, 6) is -1.76. The monoisotopic (exact) mass is 227 g/mol. The summed E-state index contributed by atoms with van der Waals surface area (Å²) in [7, 11) is 0. The third-order valence-electron chi connectivity index (χ3n) is 2.91. The van der Waals surface area contributed by atoms with E-state index in [4.69, 9.17) is 10.8 Å². The van der Waals surface area contributed by atoms with E-state index in [0.717, 1.165) is 0 Å². The second kappa shape index (κ2) is 3.75. The average Bonchev–Trinajstić information content (AvgIpc) is 2.56. The fourth-order valence-corrected chi connectivity index (χ4v) is 2.20. The molecule has 2 heterocycles. The second-order valence-electron chi connectivity index (χ2n) is 4.16. The number of carbonyl (C=O) groups is 3. The number of nitrogens with two attached hydrogens (primary N) is 1. The Balaban J connectivity index is 2.15. The van der Waals surface area contributed by atoms with Crippen LogP contribution in [0.1, 0.15) is 12.8 Å². The normalized spacial score (nSPS) is 33.6. The summed E-state index contributed by atoms with van der Waals surface area (Å²) in [5.41, 5.74) is 5.68. The van der Waals surface area contributed by atoms with Gasteiger partial charge in [-0.15, -0.1) is 0 Å². The first-order valence-electron chi connectivity index (χ1n) is 5.07. The van der Waals surface area contributed by atoms with Crippen LogP contribution in [-0.2, 0) is 14.4 Å². The van der Waals surface area contributed by atoms with Gasteiger partial charge in [0.1, 0.15) is 12.1 Å². The predicted molar refractivity (Wildman–Crippen MR) is 52.3 cm³/mol. The van der Waals surface area contributed by atoms with Crippen LogP contribution in [0.5, 0.6) is 0 Å². The largest absolute Gasteiger partial charge is 0.481 e. The SMILES string of the molecule is N[C@H]1C[C@H]2C(=O)N[C@@H](CC(=O)O)C(=O)N2C1. The molecule has 16 heavy (non-hydrogen) atoms. The van der Waals surface area contributed by atoms with Crippen LogP contribution in [0.2, 0.25) is 0 Å². The average molecular weight is 227 g/mol. The van der Waals surface area contributed by atoms with Crippen LogP contribution in [0.3, 0.4) is 0 Å². The van der Waals surface area contributed by atoms with Gasteiger partial charge in [0.2, 0.25) is 11.8 Å². The fourth-order valence-electron chi connectivity index (χ4n) is 2.20. The lowest BCUT2D eigenvalue weighted by atomic mass is 10.1. The van der Waals surface area contributed by atoms with Crippen molar-refractivity contribution >= 4 is 17.8 Å². The van der Waals surface area contributed by atoms with Gasteiger partial charge < -0.3 is 21.1 Å². The molecule has 0 unspecified atom stereocenters. The zero-order valence-corrected chi connectivity index (χ0v) is 8.55. The number of aliphatic carboxylic acids is 1. The molecule has 0 aromatic carbocycles. The minimum atomic E-state index is -1.11. The minimum absolute atomic E-state index is 0.205. The van der Waals surface area contributed by atoms with Gasteiger partial charge >= 0.3 is 5.97 Å². The molecule has 0 aromatic rings. The summed E-state index contributed by atoms with van der Waals surface area (Å²) in [5, 5.41) is 11.0. The molecule has 2 saturated heterocycles. The Hall–Kier alpha value is -1.63. The number of fused-ring (bicyclic) bond motifs is 1. The molecular weight excluding hydrogens is 214 g/mol. The fraction of sp³-hybridized carbons (Fsp3) is 0.667. The second-order valence-corrected chi connectivity index (χ2v) is 4.16. The number of nitrogens with one attached hydrogen (secondary N) is 1. The summed E-state index contributed by atoms with van der Waals surface area (Å²) in [6.07, 6.45) is 0.0559. The Bertz CT molecular complexity index is 357. The van der Waals surface area contributed by atoms with Crippen LogP contribution in [0, 0.1) is 0 Å². The van der Waals surface area contributed by atoms with E-state index in [2.05, 4.69) is 5.32 Å². The molecule has 0 radical (unpaired) electrons. The summed E-state index contributed by atoms with van der Waals surface area (Å²) < 4.78 is 0. The van der Waals surface area contributed by atoms with Gasteiger partial charge in [-0.05, 0) is 6.42 Å². The number of amides is 2. The third kappa shape index (κ3) is 1.73. The lowest BCUT2D eigenvalue weighted by Gasteiger charge is -2.33. The van der Waals surface area contributed by atoms with Crippen molar-refractivity contribution in [1.29, 1.82) is 0 Å². The van der Waals surface area contributed by atoms with E-state index < -0.39 is 18.1 Å². The number of carboxylic acid groups (broad SMARTS) is 1. The van der Waals surface area contributed by atoms with Crippen molar-refractivity contribution < 1.29 is 19.5 Å². The van der Waals surface area contributed by atoms with Crippen LogP contribution in [0.4, 0.5) is 0 Å². The van der Waals surface area contributed by atoms with Crippen molar-refractivity contribution in [3.8, 4) is 0 Å². The minimum Gasteiger partial charge on any atom is -0.481 e. The topological polar surface area (TPSA) is 113 Å². The highest BCUT2D eigenvalue weighted by atomic mass is 16.4. The van der Waals surface area contributed by atoms with Crippen molar-refractivity contribution in [2.75, 3.05) is 6.54 Å². The molecule has 2 rings (SSSR count). The first-order chi connectivity index (χ1) is 7.49. The highest BCUT2D eigenvalue weighted by molar-refractivity contribution is 5.99. The maximum atomic E-state index is 11.8. The number of hydrogen-bond acceptors (Lipinski definition) is 4.